The molecule has 0 fully saturated rings. The number of nitriles is 2. The molecule has 0 spiro atoms. The van der Waals surface area contributed by atoms with Gasteiger partial charge in [0.1, 0.15) is 23.5 Å². The van der Waals surface area contributed by atoms with E-state index in [2.05, 4.69) is 0 Å². The van der Waals surface area contributed by atoms with Crippen LogP contribution >= 0.6 is 0 Å². The van der Waals surface area contributed by atoms with Crippen molar-refractivity contribution in [3.05, 3.63) is 47.0 Å². The number of Topliss-reactive ketones (excluding diaryl/α,β-unsaturated/α-hetero) is 1. The Morgan fingerprint density at radius 3 is 2.19 bits per heavy atom. The summed E-state index contributed by atoms with van der Waals surface area (Å²) < 4.78 is 0. The van der Waals surface area contributed by atoms with Crippen LogP contribution in [0.3, 0.4) is 0 Å². The highest BCUT2D eigenvalue weighted by molar-refractivity contribution is 5.76. The summed E-state index contributed by atoms with van der Waals surface area (Å²) in [5.74, 6) is 0.0903. The summed E-state index contributed by atoms with van der Waals surface area (Å²) in [7, 11) is 0. The van der Waals surface area contributed by atoms with Crippen molar-refractivity contribution in [2.24, 2.45) is 5.92 Å². The molecule has 1 rings (SSSR count). The summed E-state index contributed by atoms with van der Waals surface area (Å²) in [6.07, 6.45) is 1.05. The maximum atomic E-state index is 11.6. The molecule has 0 aliphatic rings. The Hall–Kier alpha value is -2.39. The largest absolute Gasteiger partial charge is 0.300 e. The lowest BCUT2D eigenvalue weighted by molar-refractivity contribution is -0.117. The molecule has 0 saturated heterocycles. The number of allylic oxidation sites excluding steroid dienone is 2. The van der Waals surface area contributed by atoms with Gasteiger partial charge in [-0.05, 0) is 36.3 Å². The van der Waals surface area contributed by atoms with Crippen LogP contribution in [0.15, 0.2) is 41.5 Å². The highest BCUT2D eigenvalue weighted by atomic mass is 16.1. The van der Waals surface area contributed by atoms with Crippen LogP contribution in [-0.2, 0) is 4.79 Å². The van der Waals surface area contributed by atoms with E-state index in [9.17, 15) is 4.79 Å². The number of ketones is 1. The number of hydrogen-bond donors (Lipinski definition) is 0. The second-order valence-corrected chi connectivity index (χ2v) is 5.19. The van der Waals surface area contributed by atoms with Gasteiger partial charge in [-0.3, -0.25) is 0 Å². The van der Waals surface area contributed by atoms with Crippen molar-refractivity contribution < 1.29 is 4.79 Å². The zero-order chi connectivity index (χ0) is 15.8. The lowest BCUT2D eigenvalue weighted by atomic mass is 9.77. The van der Waals surface area contributed by atoms with E-state index in [1.807, 2.05) is 56.3 Å². The van der Waals surface area contributed by atoms with E-state index >= 15 is 0 Å². The maximum Gasteiger partial charge on any atom is 0.130 e. The first-order chi connectivity index (χ1) is 10.0. The third-order valence-corrected chi connectivity index (χ3v) is 3.81. The van der Waals surface area contributed by atoms with Gasteiger partial charge in [0.15, 0.2) is 0 Å². The monoisotopic (exact) mass is 280 g/mol. The molecule has 0 N–H and O–H groups in total. The topological polar surface area (TPSA) is 64.7 Å². The molecule has 0 unspecified atom stereocenters. The average Bonchev–Trinajstić information content (AvgIpc) is 2.50. The molecule has 108 valence electrons. The van der Waals surface area contributed by atoms with Gasteiger partial charge in [-0.2, -0.15) is 10.5 Å². The molecule has 0 heterocycles. The van der Waals surface area contributed by atoms with Gasteiger partial charge in [0, 0.05) is 6.42 Å². The van der Waals surface area contributed by atoms with Gasteiger partial charge in [-0.15, -0.1) is 0 Å². The molecule has 0 aromatic heterocycles. The lowest BCUT2D eigenvalue weighted by Crippen LogP contribution is -2.16. The Bertz CT molecular complexity index is 586. The van der Waals surface area contributed by atoms with Crippen LogP contribution in [0.1, 0.15) is 45.1 Å². The third-order valence-electron chi connectivity index (χ3n) is 3.81. The minimum Gasteiger partial charge on any atom is -0.300 e. The normalized spacial score (nSPS) is 12.6. The number of carbonyl (C=O) groups excluding carboxylic acids is 1. The Labute approximate surface area is 126 Å². The minimum absolute atomic E-state index is 0.00431. The summed E-state index contributed by atoms with van der Waals surface area (Å²) in [4.78, 5) is 11.6. The van der Waals surface area contributed by atoms with Crippen molar-refractivity contribution >= 4 is 5.78 Å². The predicted octanol–water partition coefficient (Wildman–Crippen LogP) is 4.14. The summed E-state index contributed by atoms with van der Waals surface area (Å²) in [6, 6.07) is 13.8. The first-order valence-corrected chi connectivity index (χ1v) is 7.12. The van der Waals surface area contributed by atoms with Crippen molar-refractivity contribution in [3.63, 3.8) is 0 Å². The minimum atomic E-state index is -0.0180. The molecule has 1 aromatic carbocycles. The Kier molecular flexibility index (Phi) is 6.37. The van der Waals surface area contributed by atoms with E-state index in [-0.39, 0.29) is 23.2 Å². The second kappa shape index (κ2) is 8.02. The summed E-state index contributed by atoms with van der Waals surface area (Å²) in [5.41, 5.74) is 2.07. The smallest absolute Gasteiger partial charge is 0.130 e. The molecule has 0 bridgehead atoms. The van der Waals surface area contributed by atoms with E-state index in [4.69, 9.17) is 10.5 Å². The van der Waals surface area contributed by atoms with Gasteiger partial charge in [-0.1, -0.05) is 44.2 Å². The molecule has 3 nitrogen and oxygen atoms in total. The highest BCUT2D eigenvalue weighted by Crippen LogP contribution is 2.35. The van der Waals surface area contributed by atoms with Crippen LogP contribution in [0, 0.1) is 28.6 Å². The van der Waals surface area contributed by atoms with Crippen LogP contribution in [0.2, 0.25) is 0 Å². The van der Waals surface area contributed by atoms with E-state index in [1.54, 1.807) is 6.92 Å². The van der Waals surface area contributed by atoms with Crippen molar-refractivity contribution in [3.8, 4) is 12.1 Å². The molecule has 0 aliphatic heterocycles. The molecule has 0 aliphatic carbocycles. The Balaban J connectivity index is 3.27. The number of nitrogens with zero attached hydrogens (tertiary/aromatic N) is 2. The van der Waals surface area contributed by atoms with Crippen LogP contribution in [0.25, 0.3) is 0 Å². The van der Waals surface area contributed by atoms with Crippen LogP contribution in [0.4, 0.5) is 0 Å². The molecule has 21 heavy (non-hydrogen) atoms. The summed E-state index contributed by atoms with van der Waals surface area (Å²) >= 11 is 0. The van der Waals surface area contributed by atoms with Crippen LogP contribution < -0.4 is 0 Å². The molecule has 3 heteroatoms. The fourth-order valence-corrected chi connectivity index (χ4v) is 2.73. The number of benzene rings is 1. The molecular weight excluding hydrogens is 260 g/mol. The zero-order valence-corrected chi connectivity index (χ0v) is 12.8. The molecule has 0 amide bonds. The SMILES string of the molecule is CCC(=C(C#N)C#N)[C@@H](C)[C@@H](CC(C)=O)c1ccccc1. The van der Waals surface area contributed by atoms with Gasteiger partial charge >= 0.3 is 0 Å². The number of hydrogen-bond acceptors (Lipinski definition) is 3. The maximum absolute atomic E-state index is 11.6. The van der Waals surface area contributed by atoms with Gasteiger partial charge < -0.3 is 4.79 Å². The van der Waals surface area contributed by atoms with Crippen molar-refractivity contribution in [1.29, 1.82) is 10.5 Å². The molecule has 2 atom stereocenters. The quantitative estimate of drug-likeness (QED) is 0.735. The molecule has 1 aromatic rings. The van der Waals surface area contributed by atoms with Crippen molar-refractivity contribution in [1.82, 2.24) is 0 Å². The Morgan fingerprint density at radius 1 is 1.19 bits per heavy atom. The predicted molar refractivity (Wildman–Crippen MR) is 82.2 cm³/mol. The third kappa shape index (κ3) is 4.29. The number of carbonyl (C=O) groups is 1. The molecule has 0 radical (unpaired) electrons. The van der Waals surface area contributed by atoms with Gasteiger partial charge in [-0.25, -0.2) is 0 Å². The second-order valence-electron chi connectivity index (χ2n) is 5.19. The first kappa shape index (κ1) is 16.7. The Morgan fingerprint density at radius 2 is 1.76 bits per heavy atom. The fourth-order valence-electron chi connectivity index (χ4n) is 2.73. The van der Waals surface area contributed by atoms with E-state index in [0.29, 0.717) is 12.8 Å². The first-order valence-electron chi connectivity index (χ1n) is 7.12. The lowest BCUT2D eigenvalue weighted by Gasteiger charge is -2.26. The van der Waals surface area contributed by atoms with Crippen LogP contribution in [-0.4, -0.2) is 5.78 Å². The van der Waals surface area contributed by atoms with E-state index < -0.39 is 0 Å². The average molecular weight is 280 g/mol. The summed E-state index contributed by atoms with van der Waals surface area (Å²) in [6.45, 7) is 5.51. The molecular formula is C18H20N2O. The summed E-state index contributed by atoms with van der Waals surface area (Å²) in [5, 5.41) is 18.2. The van der Waals surface area contributed by atoms with E-state index in [0.717, 1.165) is 11.1 Å². The van der Waals surface area contributed by atoms with Crippen LogP contribution in [0.5, 0.6) is 0 Å². The van der Waals surface area contributed by atoms with Gasteiger partial charge in [0.2, 0.25) is 0 Å². The fraction of sp³-hybridized carbons (Fsp3) is 0.389. The molecule has 0 saturated carbocycles. The number of rotatable bonds is 6. The highest BCUT2D eigenvalue weighted by Gasteiger charge is 2.25. The standard InChI is InChI=1S/C18H20N2O/c1-4-17(16(11-19)12-20)14(3)18(10-13(2)21)15-8-6-5-7-9-15/h5-9,14,18H,4,10H2,1-3H3/t14-,18-/m1/s1. The zero-order valence-electron chi connectivity index (χ0n) is 12.8. The van der Waals surface area contributed by atoms with Gasteiger partial charge in [0.05, 0.1) is 0 Å². The van der Waals surface area contributed by atoms with Crippen molar-refractivity contribution in [2.45, 2.75) is 39.5 Å². The van der Waals surface area contributed by atoms with Crippen molar-refractivity contribution in [2.75, 3.05) is 0 Å². The van der Waals surface area contributed by atoms with E-state index in [1.165, 1.54) is 0 Å². The van der Waals surface area contributed by atoms with Gasteiger partial charge in [0.25, 0.3) is 0 Å².